The van der Waals surface area contributed by atoms with Crippen LogP contribution in [-0.4, -0.2) is 18.9 Å². The lowest BCUT2D eigenvalue weighted by atomic mass is 10.1. The predicted octanol–water partition coefficient (Wildman–Crippen LogP) is -0.00660. The maximum atomic E-state index is 10.8. The fraction of sp³-hybridized carbons (Fsp3) is 0. The molecule has 1 aromatic carbocycles. The molecule has 1 saturated heterocycles. The minimum absolute atomic E-state index is 0.375. The first-order valence-corrected chi connectivity index (χ1v) is 4.24. The van der Waals surface area contributed by atoms with Gasteiger partial charge in [-0.15, -0.1) is 0 Å². The van der Waals surface area contributed by atoms with Crippen molar-refractivity contribution in [2.45, 2.75) is 0 Å². The summed E-state index contributed by atoms with van der Waals surface area (Å²) in [4.78, 5) is 21.7. The van der Waals surface area contributed by atoms with E-state index in [1.807, 2.05) is 0 Å². The maximum absolute atomic E-state index is 10.8. The van der Waals surface area contributed by atoms with Crippen molar-refractivity contribution in [2.75, 3.05) is 0 Å². The number of para-hydroxylation sites is 2. The minimum atomic E-state index is -2.75. The maximum Gasteiger partial charge on any atom is 0.781 e. The summed E-state index contributed by atoms with van der Waals surface area (Å²) >= 11 is 0. The molecule has 0 amide bonds. The highest BCUT2D eigenvalue weighted by Gasteiger charge is 2.56. The summed E-state index contributed by atoms with van der Waals surface area (Å²) in [5.41, 5.74) is 0. The average molecular weight is 207 g/mol. The van der Waals surface area contributed by atoms with Crippen molar-refractivity contribution in [2.24, 2.45) is 0 Å². The van der Waals surface area contributed by atoms with Crippen LogP contribution in [-0.2, 0) is 18.9 Å². The second-order valence-electron chi connectivity index (χ2n) is 3.07. The van der Waals surface area contributed by atoms with Gasteiger partial charge in [-0.05, 0) is 12.1 Å². The van der Waals surface area contributed by atoms with Crippen LogP contribution in [0.5, 0.6) is 11.5 Å². The topological polar surface area (TPSA) is 71.1 Å². The van der Waals surface area contributed by atoms with E-state index in [0.29, 0.717) is 11.5 Å². The van der Waals surface area contributed by atoms with Gasteiger partial charge in [0, 0.05) is 0 Å². The van der Waals surface area contributed by atoms with Gasteiger partial charge >= 0.3 is 18.9 Å². The van der Waals surface area contributed by atoms with Crippen molar-refractivity contribution in [1.29, 1.82) is 0 Å². The molecule has 15 heavy (non-hydrogen) atoms. The number of benzene rings is 1. The van der Waals surface area contributed by atoms with Crippen LogP contribution in [0, 0.1) is 0 Å². The molecule has 7 heteroatoms. The lowest BCUT2D eigenvalue weighted by molar-refractivity contribution is -0.150. The second-order valence-corrected chi connectivity index (χ2v) is 3.07. The zero-order valence-electron chi connectivity index (χ0n) is 7.34. The van der Waals surface area contributed by atoms with E-state index in [2.05, 4.69) is 9.31 Å². The predicted molar refractivity (Wildman–Crippen MR) is 45.6 cm³/mol. The summed E-state index contributed by atoms with van der Waals surface area (Å²) in [7, 11) is 0. The quantitative estimate of drug-likeness (QED) is 0.440. The van der Waals surface area contributed by atoms with Gasteiger partial charge in [0.05, 0.1) is 0 Å². The molecule has 76 valence electrons. The molecule has 0 radical (unpaired) electrons. The SMILES string of the molecule is O=C1O[B-]2(OC1=O)Oc1ccccc1O2. The highest BCUT2D eigenvalue weighted by Crippen LogP contribution is 2.39. The van der Waals surface area contributed by atoms with Crippen LogP contribution >= 0.6 is 0 Å². The van der Waals surface area contributed by atoms with E-state index in [1.54, 1.807) is 24.3 Å². The van der Waals surface area contributed by atoms with E-state index in [4.69, 9.17) is 9.31 Å². The Balaban J connectivity index is 1.96. The van der Waals surface area contributed by atoms with E-state index in [0.717, 1.165) is 0 Å². The molecule has 2 aliphatic heterocycles. The van der Waals surface area contributed by atoms with Gasteiger partial charge < -0.3 is 18.6 Å². The average Bonchev–Trinajstić information content (AvgIpc) is 2.66. The highest BCUT2D eigenvalue weighted by molar-refractivity contribution is 6.68. The molecule has 0 unspecified atom stereocenters. The van der Waals surface area contributed by atoms with E-state index in [1.165, 1.54) is 0 Å². The standard InChI is InChI=1S/C8H4BO6/c10-7-8(11)15-9(14-7)12-5-3-1-2-4-6(5)13-9/h1-4H/q-1. The first-order valence-electron chi connectivity index (χ1n) is 4.24. The molecule has 0 aromatic heterocycles. The molecular formula is C8H4BO6-. The molecule has 0 saturated carbocycles. The molecule has 1 aromatic rings. The van der Waals surface area contributed by atoms with Gasteiger partial charge in [0.2, 0.25) is 0 Å². The fourth-order valence-corrected chi connectivity index (χ4v) is 1.46. The normalized spacial score (nSPS) is 20.3. The van der Waals surface area contributed by atoms with Crippen LogP contribution in [0.2, 0.25) is 0 Å². The van der Waals surface area contributed by atoms with Crippen molar-refractivity contribution < 1.29 is 28.2 Å². The Bertz CT molecular complexity index is 427. The number of hydrogen-bond acceptors (Lipinski definition) is 6. The Morgan fingerprint density at radius 1 is 0.800 bits per heavy atom. The van der Waals surface area contributed by atoms with Crippen LogP contribution in [0.4, 0.5) is 0 Å². The number of carbonyl (C=O) groups is 2. The molecule has 0 bridgehead atoms. The summed E-state index contributed by atoms with van der Waals surface area (Å²) in [6, 6.07) is 6.67. The summed E-state index contributed by atoms with van der Waals surface area (Å²) in [5, 5.41) is 0. The van der Waals surface area contributed by atoms with Crippen molar-refractivity contribution >= 4 is 18.9 Å². The molecule has 1 spiro atoms. The van der Waals surface area contributed by atoms with Gasteiger partial charge in [-0.25, -0.2) is 9.59 Å². The van der Waals surface area contributed by atoms with Gasteiger partial charge in [-0.1, -0.05) is 12.1 Å². The zero-order chi connectivity index (χ0) is 10.5. The monoisotopic (exact) mass is 207 g/mol. The molecule has 0 aliphatic carbocycles. The Morgan fingerprint density at radius 2 is 1.27 bits per heavy atom. The van der Waals surface area contributed by atoms with Gasteiger partial charge in [0.25, 0.3) is 0 Å². The van der Waals surface area contributed by atoms with E-state index < -0.39 is 18.9 Å². The molecule has 0 atom stereocenters. The number of hydrogen-bond donors (Lipinski definition) is 0. The Labute approximate surface area is 83.7 Å². The third-order valence-electron chi connectivity index (χ3n) is 2.06. The third kappa shape index (κ3) is 1.06. The van der Waals surface area contributed by atoms with E-state index in [-0.39, 0.29) is 0 Å². The van der Waals surface area contributed by atoms with Crippen LogP contribution in [0.1, 0.15) is 0 Å². The van der Waals surface area contributed by atoms with E-state index in [9.17, 15) is 9.59 Å². The van der Waals surface area contributed by atoms with Crippen LogP contribution in [0.15, 0.2) is 24.3 Å². The zero-order valence-corrected chi connectivity index (χ0v) is 7.34. The number of fused-ring (bicyclic) bond motifs is 1. The van der Waals surface area contributed by atoms with Crippen LogP contribution < -0.4 is 9.31 Å². The third-order valence-corrected chi connectivity index (χ3v) is 2.06. The molecule has 2 aliphatic rings. The van der Waals surface area contributed by atoms with Crippen LogP contribution in [0.3, 0.4) is 0 Å². The minimum Gasteiger partial charge on any atom is -0.609 e. The van der Waals surface area contributed by atoms with Crippen molar-refractivity contribution in [3.8, 4) is 11.5 Å². The van der Waals surface area contributed by atoms with Crippen LogP contribution in [0.25, 0.3) is 0 Å². The number of rotatable bonds is 0. The summed E-state index contributed by atoms with van der Waals surface area (Å²) in [6.07, 6.45) is 0. The first kappa shape index (κ1) is 8.16. The molecule has 3 rings (SSSR count). The highest BCUT2D eigenvalue weighted by atomic mass is 16.9. The Morgan fingerprint density at radius 3 is 1.73 bits per heavy atom. The summed E-state index contributed by atoms with van der Waals surface area (Å²) in [5.74, 6) is -1.47. The fourth-order valence-electron chi connectivity index (χ4n) is 1.46. The van der Waals surface area contributed by atoms with Gasteiger partial charge in [-0.3, -0.25) is 0 Å². The largest absolute Gasteiger partial charge is 0.781 e. The lowest BCUT2D eigenvalue weighted by Gasteiger charge is -2.24. The Hall–Kier alpha value is -2.18. The van der Waals surface area contributed by atoms with E-state index >= 15 is 0 Å². The molecule has 0 N–H and O–H groups in total. The second kappa shape index (κ2) is 2.44. The molecule has 2 heterocycles. The summed E-state index contributed by atoms with van der Waals surface area (Å²) < 4.78 is 19.5. The van der Waals surface area contributed by atoms with Crippen molar-refractivity contribution in [3.05, 3.63) is 24.3 Å². The summed E-state index contributed by atoms with van der Waals surface area (Å²) in [6.45, 7) is -2.75. The lowest BCUT2D eigenvalue weighted by Crippen LogP contribution is -2.47. The van der Waals surface area contributed by atoms with Gasteiger partial charge in [0.15, 0.2) is 0 Å². The molecular weight excluding hydrogens is 203 g/mol. The Kier molecular flexibility index (Phi) is 1.33. The molecule has 1 fully saturated rings. The van der Waals surface area contributed by atoms with Crippen molar-refractivity contribution in [3.63, 3.8) is 0 Å². The smallest absolute Gasteiger partial charge is 0.609 e. The first-order chi connectivity index (χ1) is 7.19. The number of carbonyl (C=O) groups excluding carboxylic acids is 2. The van der Waals surface area contributed by atoms with Gasteiger partial charge in [-0.2, -0.15) is 0 Å². The van der Waals surface area contributed by atoms with Gasteiger partial charge in [0.1, 0.15) is 11.5 Å². The van der Waals surface area contributed by atoms with Crippen molar-refractivity contribution in [1.82, 2.24) is 0 Å². The molecule has 6 nitrogen and oxygen atoms in total.